The van der Waals surface area contributed by atoms with E-state index in [4.69, 9.17) is 10.5 Å². The summed E-state index contributed by atoms with van der Waals surface area (Å²) >= 11 is 0. The highest BCUT2D eigenvalue weighted by molar-refractivity contribution is 5.54. The van der Waals surface area contributed by atoms with Gasteiger partial charge in [0.05, 0.1) is 5.69 Å². The van der Waals surface area contributed by atoms with Crippen LogP contribution < -0.4 is 10.5 Å². The molecule has 0 aliphatic carbocycles. The van der Waals surface area contributed by atoms with Crippen LogP contribution in [-0.4, -0.2) is 0 Å². The minimum Gasteiger partial charge on any atom is -0.455 e. The van der Waals surface area contributed by atoms with Gasteiger partial charge in [-0.05, 0) is 49.2 Å². The van der Waals surface area contributed by atoms with Crippen molar-refractivity contribution in [2.45, 2.75) is 13.8 Å². The van der Waals surface area contributed by atoms with E-state index in [1.807, 2.05) is 32.0 Å². The van der Waals surface area contributed by atoms with Crippen molar-refractivity contribution >= 4 is 5.69 Å². The Morgan fingerprint density at radius 1 is 1.00 bits per heavy atom. The molecule has 0 aliphatic rings. The monoisotopic (exact) mass is 231 g/mol. The molecule has 2 N–H and O–H groups in total. The zero-order valence-electron chi connectivity index (χ0n) is 9.83. The van der Waals surface area contributed by atoms with Crippen molar-refractivity contribution in [1.29, 1.82) is 0 Å². The number of nitrogen functional groups attached to an aromatic ring is 1. The van der Waals surface area contributed by atoms with Crippen LogP contribution in [0.15, 0.2) is 36.4 Å². The Balaban J connectivity index is 2.34. The van der Waals surface area contributed by atoms with Crippen molar-refractivity contribution in [3.05, 3.63) is 53.3 Å². The molecule has 0 heterocycles. The Bertz CT molecular complexity index is 532. The number of ether oxygens (including phenoxy) is 1. The van der Waals surface area contributed by atoms with E-state index in [1.165, 1.54) is 18.2 Å². The smallest absolute Gasteiger partial charge is 0.153 e. The summed E-state index contributed by atoms with van der Waals surface area (Å²) in [4.78, 5) is 0. The summed E-state index contributed by atoms with van der Waals surface area (Å²) in [6.07, 6.45) is 0. The standard InChI is InChI=1S/C14H14FNO/c1-9-5-10(2)7-12(6-9)17-14-8-11(15)3-4-13(14)16/h3-8H,16H2,1-2H3. The van der Waals surface area contributed by atoms with Gasteiger partial charge >= 0.3 is 0 Å². The van der Waals surface area contributed by atoms with Crippen LogP contribution in [0.5, 0.6) is 11.5 Å². The van der Waals surface area contributed by atoms with Gasteiger partial charge in [0.2, 0.25) is 0 Å². The van der Waals surface area contributed by atoms with Gasteiger partial charge in [-0.25, -0.2) is 4.39 Å². The minimum absolute atomic E-state index is 0.343. The second-order valence-electron chi connectivity index (χ2n) is 4.11. The number of benzene rings is 2. The minimum atomic E-state index is -0.362. The molecule has 2 aromatic rings. The quantitative estimate of drug-likeness (QED) is 0.797. The van der Waals surface area contributed by atoms with Crippen LogP contribution in [0.1, 0.15) is 11.1 Å². The van der Waals surface area contributed by atoms with Gasteiger partial charge in [0.1, 0.15) is 11.6 Å². The highest BCUT2D eigenvalue weighted by Crippen LogP contribution is 2.29. The third-order valence-electron chi connectivity index (χ3n) is 2.40. The fraction of sp³-hybridized carbons (Fsp3) is 0.143. The fourth-order valence-electron chi connectivity index (χ4n) is 1.72. The molecule has 2 aromatic carbocycles. The molecule has 0 spiro atoms. The van der Waals surface area contributed by atoms with Gasteiger partial charge in [0, 0.05) is 6.07 Å². The maximum absolute atomic E-state index is 13.1. The van der Waals surface area contributed by atoms with E-state index >= 15 is 0 Å². The first-order chi connectivity index (χ1) is 8.04. The Labute approximate surface area is 99.8 Å². The molecule has 0 unspecified atom stereocenters. The van der Waals surface area contributed by atoms with Crippen LogP contribution in [0.3, 0.4) is 0 Å². The predicted molar refractivity (Wildman–Crippen MR) is 66.8 cm³/mol. The van der Waals surface area contributed by atoms with E-state index in [1.54, 1.807) is 0 Å². The normalized spacial score (nSPS) is 10.3. The van der Waals surface area contributed by atoms with E-state index in [-0.39, 0.29) is 5.82 Å². The molecule has 0 atom stereocenters. The molecule has 0 saturated heterocycles. The van der Waals surface area contributed by atoms with Crippen LogP contribution in [-0.2, 0) is 0 Å². The first-order valence-electron chi connectivity index (χ1n) is 5.36. The molecule has 17 heavy (non-hydrogen) atoms. The number of anilines is 1. The second kappa shape index (κ2) is 4.45. The Morgan fingerprint density at radius 3 is 2.29 bits per heavy atom. The zero-order chi connectivity index (χ0) is 12.4. The van der Waals surface area contributed by atoms with E-state index < -0.39 is 0 Å². The highest BCUT2D eigenvalue weighted by atomic mass is 19.1. The number of hydrogen-bond donors (Lipinski definition) is 1. The first kappa shape index (κ1) is 11.5. The molecule has 0 amide bonds. The van der Waals surface area contributed by atoms with Crippen LogP contribution >= 0.6 is 0 Å². The first-order valence-corrected chi connectivity index (χ1v) is 5.36. The van der Waals surface area contributed by atoms with Crippen molar-refractivity contribution in [1.82, 2.24) is 0 Å². The number of halogens is 1. The Hall–Kier alpha value is -2.03. The molecular weight excluding hydrogens is 217 g/mol. The maximum atomic E-state index is 13.1. The molecule has 3 heteroatoms. The van der Waals surface area contributed by atoms with Crippen molar-refractivity contribution < 1.29 is 9.13 Å². The lowest BCUT2D eigenvalue weighted by molar-refractivity contribution is 0.478. The topological polar surface area (TPSA) is 35.2 Å². The largest absolute Gasteiger partial charge is 0.455 e. The molecule has 0 aliphatic heterocycles. The Morgan fingerprint density at radius 2 is 1.65 bits per heavy atom. The number of nitrogens with two attached hydrogens (primary N) is 1. The van der Waals surface area contributed by atoms with Gasteiger partial charge in [-0.1, -0.05) is 6.07 Å². The van der Waals surface area contributed by atoms with E-state index in [9.17, 15) is 4.39 Å². The molecule has 0 bridgehead atoms. The molecule has 88 valence electrons. The van der Waals surface area contributed by atoms with Crippen molar-refractivity contribution in [2.75, 3.05) is 5.73 Å². The summed E-state index contributed by atoms with van der Waals surface area (Å²) in [5.74, 6) is 0.647. The van der Waals surface area contributed by atoms with E-state index in [2.05, 4.69) is 0 Å². The lowest BCUT2D eigenvalue weighted by atomic mass is 10.1. The average molecular weight is 231 g/mol. The maximum Gasteiger partial charge on any atom is 0.153 e. The lowest BCUT2D eigenvalue weighted by Crippen LogP contribution is -1.93. The number of aryl methyl sites for hydroxylation is 2. The van der Waals surface area contributed by atoms with E-state index in [0.717, 1.165) is 11.1 Å². The average Bonchev–Trinajstić information content (AvgIpc) is 2.22. The molecule has 0 aromatic heterocycles. The molecule has 0 fully saturated rings. The third kappa shape index (κ3) is 2.75. The van der Waals surface area contributed by atoms with Crippen molar-refractivity contribution in [3.63, 3.8) is 0 Å². The van der Waals surface area contributed by atoms with Gasteiger partial charge in [-0.3, -0.25) is 0 Å². The van der Waals surface area contributed by atoms with Crippen molar-refractivity contribution in [3.8, 4) is 11.5 Å². The van der Waals surface area contributed by atoms with E-state index in [0.29, 0.717) is 17.2 Å². The van der Waals surface area contributed by atoms with Crippen LogP contribution in [0, 0.1) is 19.7 Å². The SMILES string of the molecule is Cc1cc(C)cc(Oc2cc(F)ccc2N)c1. The predicted octanol–water partition coefficient (Wildman–Crippen LogP) is 3.82. The van der Waals surface area contributed by atoms with Crippen molar-refractivity contribution in [2.24, 2.45) is 0 Å². The van der Waals surface area contributed by atoms with Gasteiger partial charge in [-0.2, -0.15) is 0 Å². The van der Waals surface area contributed by atoms with Gasteiger partial charge in [-0.15, -0.1) is 0 Å². The van der Waals surface area contributed by atoms with Gasteiger partial charge in [0.25, 0.3) is 0 Å². The lowest BCUT2D eigenvalue weighted by Gasteiger charge is -2.10. The van der Waals surface area contributed by atoms with Gasteiger partial charge in [0.15, 0.2) is 5.75 Å². The Kier molecular flexibility index (Phi) is 3.00. The summed E-state index contributed by atoms with van der Waals surface area (Å²) < 4.78 is 18.7. The molecule has 0 radical (unpaired) electrons. The number of rotatable bonds is 2. The summed E-state index contributed by atoms with van der Waals surface area (Å²) in [6, 6.07) is 9.90. The summed E-state index contributed by atoms with van der Waals surface area (Å²) in [5.41, 5.74) is 8.33. The van der Waals surface area contributed by atoms with Gasteiger partial charge < -0.3 is 10.5 Å². The third-order valence-corrected chi connectivity index (χ3v) is 2.40. The molecule has 2 rings (SSSR count). The summed E-state index contributed by atoms with van der Waals surface area (Å²) in [5, 5.41) is 0. The zero-order valence-corrected chi connectivity index (χ0v) is 9.83. The molecular formula is C14H14FNO. The number of hydrogen-bond acceptors (Lipinski definition) is 2. The summed E-state index contributed by atoms with van der Waals surface area (Å²) in [6.45, 7) is 3.96. The molecule has 2 nitrogen and oxygen atoms in total. The van der Waals surface area contributed by atoms with Crippen LogP contribution in [0.4, 0.5) is 10.1 Å². The fourth-order valence-corrected chi connectivity index (χ4v) is 1.72. The van der Waals surface area contributed by atoms with Crippen LogP contribution in [0.2, 0.25) is 0 Å². The summed E-state index contributed by atoms with van der Waals surface area (Å²) in [7, 11) is 0. The highest BCUT2D eigenvalue weighted by Gasteiger charge is 2.04. The molecule has 0 saturated carbocycles. The second-order valence-corrected chi connectivity index (χ2v) is 4.11. The van der Waals surface area contributed by atoms with Crippen LogP contribution in [0.25, 0.3) is 0 Å².